The van der Waals surface area contributed by atoms with E-state index in [2.05, 4.69) is 15.2 Å². The summed E-state index contributed by atoms with van der Waals surface area (Å²) in [5.41, 5.74) is -0.997. The molecule has 2 aromatic rings. The number of nitrogens with zero attached hydrogens (tertiary/aromatic N) is 6. The Morgan fingerprint density at radius 1 is 1.41 bits per heavy atom. The number of hydrogen-bond acceptors (Lipinski definition) is 5. The van der Waals surface area contributed by atoms with Crippen molar-refractivity contribution in [1.82, 2.24) is 19.7 Å². The molecule has 144 valence electrons. The first-order valence-electron chi connectivity index (χ1n) is 8.54. The van der Waals surface area contributed by atoms with Crippen molar-refractivity contribution in [2.75, 3.05) is 11.4 Å². The van der Waals surface area contributed by atoms with Gasteiger partial charge in [0.25, 0.3) is 0 Å². The van der Waals surface area contributed by atoms with Crippen LogP contribution in [0.4, 0.5) is 18.9 Å². The summed E-state index contributed by atoms with van der Waals surface area (Å²) in [6.07, 6.45) is -0.795. The number of nitriles is 1. The average Bonchev–Trinajstić information content (AvgIpc) is 3.05. The second-order valence-electron chi connectivity index (χ2n) is 6.58. The third-order valence-electron chi connectivity index (χ3n) is 4.95. The van der Waals surface area contributed by atoms with E-state index in [0.29, 0.717) is 6.54 Å². The van der Waals surface area contributed by atoms with Crippen molar-refractivity contribution < 1.29 is 13.2 Å². The first-order chi connectivity index (χ1) is 12.8. The minimum atomic E-state index is -4.66. The highest BCUT2D eigenvalue weighted by Crippen LogP contribution is 2.40. The van der Waals surface area contributed by atoms with Crippen LogP contribution in [0, 0.1) is 11.3 Å². The second-order valence-corrected chi connectivity index (χ2v) is 6.94. The highest BCUT2D eigenvalue weighted by molar-refractivity contribution is 6.32. The van der Waals surface area contributed by atoms with Gasteiger partial charge < -0.3 is 9.47 Å². The van der Waals surface area contributed by atoms with E-state index in [4.69, 9.17) is 11.6 Å². The number of halogens is 4. The van der Waals surface area contributed by atoms with Crippen molar-refractivity contribution in [3.8, 4) is 6.07 Å². The molecule has 1 saturated heterocycles. The average molecular weight is 399 g/mol. The summed E-state index contributed by atoms with van der Waals surface area (Å²) in [7, 11) is 1.88. The summed E-state index contributed by atoms with van der Waals surface area (Å²) in [5.74, 6) is 1.07. The maximum atomic E-state index is 13.0. The Hall–Kier alpha value is -2.34. The fourth-order valence-electron chi connectivity index (χ4n) is 3.64. The number of piperidine rings is 1. The van der Waals surface area contributed by atoms with E-state index in [9.17, 15) is 18.4 Å². The molecule has 3 rings (SSSR count). The van der Waals surface area contributed by atoms with Crippen molar-refractivity contribution in [3.05, 3.63) is 34.6 Å². The van der Waals surface area contributed by atoms with E-state index in [1.165, 1.54) is 0 Å². The molecule has 1 aliphatic rings. The number of aromatic nitrogens is 4. The second kappa shape index (κ2) is 7.35. The molecule has 0 N–H and O–H groups in total. The van der Waals surface area contributed by atoms with Crippen LogP contribution in [-0.4, -0.2) is 32.3 Å². The Balaban J connectivity index is 1.95. The lowest BCUT2D eigenvalue weighted by atomic mass is 9.88. The molecule has 0 spiro atoms. The first kappa shape index (κ1) is 19.4. The van der Waals surface area contributed by atoms with Gasteiger partial charge in [0, 0.05) is 25.6 Å². The van der Waals surface area contributed by atoms with Crippen molar-refractivity contribution >= 4 is 17.3 Å². The Morgan fingerprint density at radius 3 is 2.70 bits per heavy atom. The predicted octanol–water partition coefficient (Wildman–Crippen LogP) is 3.92. The largest absolute Gasteiger partial charge is 0.433 e. The molecule has 2 aromatic heterocycles. The van der Waals surface area contributed by atoms with Crippen LogP contribution in [0.25, 0.3) is 0 Å². The summed E-state index contributed by atoms with van der Waals surface area (Å²) >= 11 is 6.11. The van der Waals surface area contributed by atoms with Gasteiger partial charge in [0.2, 0.25) is 0 Å². The number of pyridine rings is 1. The molecule has 0 aromatic carbocycles. The van der Waals surface area contributed by atoms with E-state index in [1.807, 2.05) is 29.5 Å². The van der Waals surface area contributed by atoms with Gasteiger partial charge in [-0.15, -0.1) is 10.2 Å². The van der Waals surface area contributed by atoms with Gasteiger partial charge >= 0.3 is 6.18 Å². The highest BCUT2D eigenvalue weighted by Gasteiger charge is 2.37. The van der Waals surface area contributed by atoms with Crippen molar-refractivity contribution in [3.63, 3.8) is 0 Å². The van der Waals surface area contributed by atoms with Gasteiger partial charge in [-0.05, 0) is 25.3 Å². The lowest BCUT2D eigenvalue weighted by Crippen LogP contribution is -2.43. The van der Waals surface area contributed by atoms with E-state index in [-0.39, 0.29) is 28.4 Å². The summed E-state index contributed by atoms with van der Waals surface area (Å²) < 4.78 is 40.8. The van der Waals surface area contributed by atoms with Crippen LogP contribution in [0.3, 0.4) is 0 Å². The van der Waals surface area contributed by atoms with Gasteiger partial charge in [0.1, 0.15) is 23.9 Å². The summed E-state index contributed by atoms with van der Waals surface area (Å²) in [6, 6.07) is 2.62. The summed E-state index contributed by atoms with van der Waals surface area (Å²) in [4.78, 5) is 5.40. The van der Waals surface area contributed by atoms with Crippen LogP contribution < -0.4 is 4.90 Å². The Kier molecular flexibility index (Phi) is 5.29. The molecule has 0 amide bonds. The molecule has 1 fully saturated rings. The molecule has 3 heterocycles. The van der Waals surface area contributed by atoms with E-state index >= 15 is 0 Å². The van der Waals surface area contributed by atoms with Gasteiger partial charge in [-0.3, -0.25) is 0 Å². The molecular weight excluding hydrogens is 381 g/mol. The monoisotopic (exact) mass is 398 g/mol. The van der Waals surface area contributed by atoms with E-state index in [0.717, 1.165) is 31.2 Å². The lowest BCUT2D eigenvalue weighted by Gasteiger charge is -2.41. The minimum absolute atomic E-state index is 0.00332. The van der Waals surface area contributed by atoms with Crippen LogP contribution in [0.1, 0.15) is 49.2 Å². The molecule has 6 nitrogen and oxygen atoms in total. The molecular formula is C17H18ClF3N6. The Morgan fingerprint density at radius 2 is 2.15 bits per heavy atom. The van der Waals surface area contributed by atoms with Crippen LogP contribution in [-0.2, 0) is 13.2 Å². The van der Waals surface area contributed by atoms with Crippen molar-refractivity contribution in [1.29, 1.82) is 5.26 Å². The van der Waals surface area contributed by atoms with Crippen LogP contribution in [0.15, 0.2) is 12.4 Å². The van der Waals surface area contributed by atoms with Crippen molar-refractivity contribution in [2.45, 2.75) is 44.3 Å². The van der Waals surface area contributed by atoms with Gasteiger partial charge in [-0.2, -0.15) is 18.4 Å². The number of hydrogen-bond donors (Lipinski definition) is 0. The molecule has 27 heavy (non-hydrogen) atoms. The third kappa shape index (κ3) is 3.72. The molecule has 2 atom stereocenters. The SMILES string of the molecule is CC[C@@H]1C[C@H](c2nncn2C)CCN1c1c(C#N)cc(C(F)(F)F)nc1Cl. The maximum absolute atomic E-state index is 13.0. The van der Waals surface area contributed by atoms with Crippen LogP contribution in [0.2, 0.25) is 5.15 Å². The van der Waals surface area contributed by atoms with Crippen molar-refractivity contribution in [2.24, 2.45) is 7.05 Å². The van der Waals surface area contributed by atoms with Gasteiger partial charge in [0.05, 0.1) is 11.3 Å². The topological polar surface area (TPSA) is 70.6 Å². The zero-order valence-corrected chi connectivity index (χ0v) is 15.6. The smallest absolute Gasteiger partial charge is 0.365 e. The highest BCUT2D eigenvalue weighted by atomic mass is 35.5. The molecule has 0 unspecified atom stereocenters. The van der Waals surface area contributed by atoms with Crippen LogP contribution in [0.5, 0.6) is 0 Å². The zero-order valence-electron chi connectivity index (χ0n) is 14.8. The zero-order chi connectivity index (χ0) is 19.8. The van der Waals surface area contributed by atoms with E-state index < -0.39 is 11.9 Å². The van der Waals surface area contributed by atoms with Crippen LogP contribution >= 0.6 is 11.6 Å². The fourth-order valence-corrected chi connectivity index (χ4v) is 3.94. The van der Waals surface area contributed by atoms with Gasteiger partial charge in [-0.1, -0.05) is 18.5 Å². The lowest BCUT2D eigenvalue weighted by molar-refractivity contribution is -0.141. The molecule has 1 aliphatic heterocycles. The standard InChI is InChI=1S/C17H18ClF3N6/c1-3-12-6-10(16-25-23-9-26(16)2)4-5-27(12)14-11(8-22)7-13(17(19,20)21)24-15(14)18/h7,9-10,12H,3-6H2,1-2H3/t10-,12-/m1/s1. The number of rotatable bonds is 3. The molecule has 10 heteroatoms. The molecule has 0 aliphatic carbocycles. The van der Waals surface area contributed by atoms with Gasteiger partial charge in [0.15, 0.2) is 5.15 Å². The summed E-state index contributed by atoms with van der Waals surface area (Å²) in [6.45, 7) is 2.53. The maximum Gasteiger partial charge on any atom is 0.433 e. The molecule has 0 bridgehead atoms. The van der Waals surface area contributed by atoms with E-state index in [1.54, 1.807) is 6.33 Å². The third-order valence-corrected chi connectivity index (χ3v) is 5.21. The Bertz CT molecular complexity index is 873. The number of anilines is 1. The predicted molar refractivity (Wildman–Crippen MR) is 93.4 cm³/mol. The molecule has 0 radical (unpaired) electrons. The summed E-state index contributed by atoms with van der Waals surface area (Å²) in [5, 5.41) is 17.2. The fraction of sp³-hybridized carbons (Fsp3) is 0.529. The quantitative estimate of drug-likeness (QED) is 0.733. The number of aryl methyl sites for hydroxylation is 1. The Labute approximate surface area is 159 Å². The number of alkyl halides is 3. The first-order valence-corrected chi connectivity index (χ1v) is 8.92. The minimum Gasteiger partial charge on any atom is -0.365 e. The van der Waals surface area contributed by atoms with Gasteiger partial charge in [-0.25, -0.2) is 4.98 Å². The molecule has 0 saturated carbocycles. The normalized spacial score (nSPS) is 20.6.